The zero-order valence-corrected chi connectivity index (χ0v) is 13.6. The molecule has 0 spiro atoms. The fraction of sp³-hybridized carbons (Fsp3) is 0.588. The van der Waals surface area contributed by atoms with Gasteiger partial charge in [0, 0.05) is 19.6 Å². The van der Waals surface area contributed by atoms with Crippen LogP contribution >= 0.6 is 0 Å². The van der Waals surface area contributed by atoms with E-state index >= 15 is 0 Å². The largest absolute Gasteiger partial charge is 0.469 e. The molecule has 24 heavy (non-hydrogen) atoms. The minimum atomic E-state index is -4.31. The molecule has 0 N–H and O–H groups in total. The first kappa shape index (κ1) is 18.7. The minimum Gasteiger partial charge on any atom is -0.469 e. The molecule has 1 aromatic carbocycles. The van der Waals surface area contributed by atoms with E-state index < -0.39 is 11.7 Å². The van der Waals surface area contributed by atoms with Crippen LogP contribution in [-0.4, -0.2) is 43.7 Å². The third-order valence-electron chi connectivity index (χ3n) is 4.16. The second-order valence-corrected chi connectivity index (χ2v) is 5.87. The van der Waals surface area contributed by atoms with E-state index in [4.69, 9.17) is 4.74 Å². The molecule has 1 aromatic rings. The maximum Gasteiger partial charge on any atom is 0.416 e. The highest BCUT2D eigenvalue weighted by Crippen LogP contribution is 2.29. The van der Waals surface area contributed by atoms with Gasteiger partial charge in [-0.05, 0) is 30.5 Å². The minimum absolute atomic E-state index is 0.0988. The summed E-state index contributed by atoms with van der Waals surface area (Å²) in [7, 11) is 1.38. The number of benzene rings is 1. The maximum atomic E-state index is 12.5. The van der Waals surface area contributed by atoms with Crippen LogP contribution in [0.25, 0.3) is 0 Å². The molecule has 0 saturated carbocycles. The quantitative estimate of drug-likeness (QED) is 0.742. The molecule has 0 bridgehead atoms. The summed E-state index contributed by atoms with van der Waals surface area (Å²) in [6.07, 6.45) is -2.13. The molecular formula is C17H22F3NO3. The van der Waals surface area contributed by atoms with Gasteiger partial charge in [0.05, 0.1) is 31.8 Å². The molecule has 0 aliphatic carbocycles. The van der Waals surface area contributed by atoms with Crippen molar-refractivity contribution in [2.24, 2.45) is 0 Å². The van der Waals surface area contributed by atoms with Crippen LogP contribution in [0.2, 0.25) is 0 Å². The number of hydrogen-bond donors (Lipinski definition) is 0. The number of nitrogens with zero attached hydrogens (tertiary/aromatic N) is 1. The summed E-state index contributed by atoms with van der Waals surface area (Å²) >= 11 is 0. The van der Waals surface area contributed by atoms with E-state index in [1.807, 2.05) is 0 Å². The molecule has 0 radical (unpaired) electrons. The summed E-state index contributed by atoms with van der Waals surface area (Å²) in [6.45, 7) is 2.67. The Bertz CT molecular complexity index is 523. The Morgan fingerprint density at radius 2 is 1.83 bits per heavy atom. The number of esters is 1. The van der Waals surface area contributed by atoms with Gasteiger partial charge in [-0.15, -0.1) is 0 Å². The Morgan fingerprint density at radius 1 is 1.21 bits per heavy atom. The van der Waals surface area contributed by atoms with Crippen molar-refractivity contribution in [1.82, 2.24) is 4.90 Å². The molecule has 134 valence electrons. The van der Waals surface area contributed by atoms with Gasteiger partial charge in [0.15, 0.2) is 0 Å². The molecule has 7 heteroatoms. The van der Waals surface area contributed by atoms with Gasteiger partial charge < -0.3 is 14.4 Å². The second-order valence-electron chi connectivity index (χ2n) is 5.87. The van der Waals surface area contributed by atoms with Crippen molar-refractivity contribution in [2.75, 3.05) is 26.7 Å². The number of methoxy groups -OCH3 is 1. The first-order valence-electron chi connectivity index (χ1n) is 7.95. The molecule has 0 atom stereocenters. The molecule has 1 fully saturated rings. The zero-order chi connectivity index (χ0) is 17.6. The highest BCUT2D eigenvalue weighted by atomic mass is 19.4. The number of rotatable bonds is 6. The van der Waals surface area contributed by atoms with Gasteiger partial charge in [-0.25, -0.2) is 0 Å². The van der Waals surface area contributed by atoms with Crippen LogP contribution in [0.15, 0.2) is 24.3 Å². The predicted octanol–water partition coefficient (Wildman–Crippen LogP) is 3.25. The van der Waals surface area contributed by atoms with Gasteiger partial charge in [-0.1, -0.05) is 12.1 Å². The van der Waals surface area contributed by atoms with Crippen molar-refractivity contribution in [3.8, 4) is 0 Å². The Labute approximate surface area is 139 Å². The van der Waals surface area contributed by atoms with Gasteiger partial charge in [0.1, 0.15) is 0 Å². The van der Waals surface area contributed by atoms with Crippen LogP contribution in [0.1, 0.15) is 30.4 Å². The van der Waals surface area contributed by atoms with Gasteiger partial charge in [0.2, 0.25) is 0 Å². The predicted molar refractivity (Wildman–Crippen MR) is 82.3 cm³/mol. The van der Waals surface area contributed by atoms with Crippen molar-refractivity contribution >= 4 is 5.97 Å². The second kappa shape index (κ2) is 8.48. The lowest BCUT2D eigenvalue weighted by atomic mass is 10.1. The molecule has 0 unspecified atom stereocenters. The topological polar surface area (TPSA) is 38.8 Å². The summed E-state index contributed by atoms with van der Waals surface area (Å²) < 4.78 is 47.9. The van der Waals surface area contributed by atoms with Crippen LogP contribution < -0.4 is 0 Å². The molecule has 4 nitrogen and oxygen atoms in total. The number of ether oxygens (including phenoxy) is 2. The van der Waals surface area contributed by atoms with Crippen LogP contribution in [-0.2, 0) is 27.1 Å². The average Bonchev–Trinajstić information content (AvgIpc) is 2.58. The van der Waals surface area contributed by atoms with Crippen molar-refractivity contribution in [2.45, 2.75) is 38.1 Å². The smallest absolute Gasteiger partial charge is 0.416 e. The lowest BCUT2D eigenvalue weighted by Gasteiger charge is -2.31. The third kappa shape index (κ3) is 5.79. The monoisotopic (exact) mass is 345 g/mol. The fourth-order valence-electron chi connectivity index (χ4n) is 2.66. The van der Waals surface area contributed by atoms with E-state index in [2.05, 4.69) is 9.64 Å². The van der Waals surface area contributed by atoms with E-state index in [1.54, 1.807) is 0 Å². The van der Waals surface area contributed by atoms with Crippen molar-refractivity contribution in [1.29, 1.82) is 0 Å². The number of piperidine rings is 1. The van der Waals surface area contributed by atoms with E-state index in [0.717, 1.165) is 43.6 Å². The summed E-state index contributed by atoms with van der Waals surface area (Å²) in [5.41, 5.74) is 0.0845. The van der Waals surface area contributed by atoms with Gasteiger partial charge >= 0.3 is 12.1 Å². The summed E-state index contributed by atoms with van der Waals surface area (Å²) in [6, 6.07) is 5.06. The molecule has 1 aliphatic heterocycles. The number of halogens is 3. The highest BCUT2D eigenvalue weighted by molar-refractivity contribution is 5.69. The number of likely N-dealkylation sites (tertiary alicyclic amines) is 1. The van der Waals surface area contributed by atoms with Crippen molar-refractivity contribution in [3.63, 3.8) is 0 Å². The van der Waals surface area contributed by atoms with E-state index in [1.165, 1.54) is 19.2 Å². The van der Waals surface area contributed by atoms with Crippen LogP contribution in [0.5, 0.6) is 0 Å². The van der Waals surface area contributed by atoms with Crippen molar-refractivity contribution in [3.05, 3.63) is 35.4 Å². The number of carbonyl (C=O) groups excluding carboxylic acids is 1. The lowest BCUT2D eigenvalue weighted by molar-refractivity contribution is -0.141. The third-order valence-corrected chi connectivity index (χ3v) is 4.16. The molecule has 0 aromatic heterocycles. The Morgan fingerprint density at radius 3 is 2.38 bits per heavy atom. The van der Waals surface area contributed by atoms with Gasteiger partial charge in [0.25, 0.3) is 0 Å². The summed E-state index contributed by atoms with van der Waals surface area (Å²) in [5, 5.41) is 0. The maximum absolute atomic E-state index is 12.5. The fourth-order valence-corrected chi connectivity index (χ4v) is 2.66. The summed E-state index contributed by atoms with van der Waals surface area (Å²) in [5.74, 6) is -0.212. The average molecular weight is 345 g/mol. The number of carbonyl (C=O) groups is 1. The van der Waals surface area contributed by atoms with E-state index in [-0.39, 0.29) is 12.1 Å². The molecule has 1 saturated heterocycles. The number of hydrogen-bond acceptors (Lipinski definition) is 4. The SMILES string of the molecule is COC(=O)CCN1CCC(OCc2ccc(C(F)(F)F)cc2)CC1. The summed E-state index contributed by atoms with van der Waals surface area (Å²) in [4.78, 5) is 13.3. The standard InChI is InChI=1S/C17H22F3NO3/c1-23-16(22)8-11-21-9-6-15(7-10-21)24-12-13-2-4-14(5-3-13)17(18,19)20/h2-5,15H,6-12H2,1H3. The molecule has 1 aliphatic rings. The lowest BCUT2D eigenvalue weighted by Crippen LogP contribution is -2.38. The van der Waals surface area contributed by atoms with Gasteiger partial charge in [-0.3, -0.25) is 4.79 Å². The molecular weight excluding hydrogens is 323 g/mol. The van der Waals surface area contributed by atoms with Gasteiger partial charge in [-0.2, -0.15) is 13.2 Å². The first-order valence-corrected chi connectivity index (χ1v) is 7.95. The normalized spacial score (nSPS) is 17.0. The van der Waals surface area contributed by atoms with E-state index in [0.29, 0.717) is 19.6 Å². The van der Waals surface area contributed by atoms with Crippen LogP contribution in [0.4, 0.5) is 13.2 Å². The van der Waals surface area contributed by atoms with Crippen LogP contribution in [0, 0.1) is 0 Å². The molecule has 1 heterocycles. The number of alkyl halides is 3. The van der Waals surface area contributed by atoms with Crippen LogP contribution in [0.3, 0.4) is 0 Å². The highest BCUT2D eigenvalue weighted by Gasteiger charge is 2.30. The molecule has 2 rings (SSSR count). The molecule has 0 amide bonds. The zero-order valence-electron chi connectivity index (χ0n) is 13.6. The van der Waals surface area contributed by atoms with Crippen molar-refractivity contribution < 1.29 is 27.4 Å². The Hall–Kier alpha value is -1.60. The Kier molecular flexibility index (Phi) is 6.62. The Balaban J connectivity index is 1.70. The van der Waals surface area contributed by atoms with E-state index in [9.17, 15) is 18.0 Å². The first-order chi connectivity index (χ1) is 11.4.